The van der Waals surface area contributed by atoms with E-state index in [1.54, 1.807) is 0 Å². The summed E-state index contributed by atoms with van der Waals surface area (Å²) in [6, 6.07) is 0. The van der Waals surface area contributed by atoms with Gasteiger partial charge in [0.05, 0.1) is 18.4 Å². The molecule has 1 aliphatic rings. The molecular weight excluding hydrogens is 168 g/mol. The number of carbonyl (C=O) groups is 1. The third kappa shape index (κ3) is 1.29. The Labute approximate surface area is 76.4 Å². The van der Waals surface area contributed by atoms with Crippen molar-refractivity contribution < 1.29 is 14.3 Å². The third-order valence-electron chi connectivity index (χ3n) is 2.46. The highest BCUT2D eigenvalue weighted by Crippen LogP contribution is 2.29. The van der Waals surface area contributed by atoms with Gasteiger partial charge in [0.1, 0.15) is 5.76 Å². The van der Waals surface area contributed by atoms with Crippen LogP contribution in [0.3, 0.4) is 0 Å². The van der Waals surface area contributed by atoms with Crippen molar-refractivity contribution in [1.82, 2.24) is 0 Å². The Morgan fingerprint density at radius 3 is 3.08 bits per heavy atom. The van der Waals surface area contributed by atoms with Crippen LogP contribution in [0.5, 0.6) is 0 Å². The van der Waals surface area contributed by atoms with Crippen LogP contribution in [0.15, 0.2) is 10.7 Å². The van der Waals surface area contributed by atoms with Gasteiger partial charge in [-0.1, -0.05) is 6.92 Å². The summed E-state index contributed by atoms with van der Waals surface area (Å²) in [7, 11) is 0. The molecule has 1 heterocycles. The fourth-order valence-electron chi connectivity index (χ4n) is 1.85. The summed E-state index contributed by atoms with van der Waals surface area (Å²) >= 11 is 0. The van der Waals surface area contributed by atoms with Gasteiger partial charge in [-0.25, -0.2) is 0 Å². The maximum Gasteiger partial charge on any atom is 0.167 e. The summed E-state index contributed by atoms with van der Waals surface area (Å²) in [5, 5.41) is 8.95. The smallest absolute Gasteiger partial charge is 0.167 e. The summed E-state index contributed by atoms with van der Waals surface area (Å²) in [5.74, 6) is 1.21. The first-order chi connectivity index (χ1) is 6.22. The topological polar surface area (TPSA) is 50.4 Å². The molecule has 1 N–H and O–H groups in total. The first-order valence-corrected chi connectivity index (χ1v) is 4.45. The van der Waals surface area contributed by atoms with E-state index in [1.807, 2.05) is 6.92 Å². The minimum absolute atomic E-state index is 0.103. The molecule has 13 heavy (non-hydrogen) atoms. The number of hydrogen-bond donors (Lipinski definition) is 1. The van der Waals surface area contributed by atoms with Gasteiger partial charge in [-0.05, 0) is 5.92 Å². The second-order valence-corrected chi connectivity index (χ2v) is 3.65. The van der Waals surface area contributed by atoms with Gasteiger partial charge >= 0.3 is 0 Å². The molecule has 0 aromatic carbocycles. The summed E-state index contributed by atoms with van der Waals surface area (Å²) in [6.45, 7) is 1.92. The van der Waals surface area contributed by atoms with Gasteiger partial charge in [0, 0.05) is 18.4 Å². The predicted molar refractivity (Wildman–Crippen MR) is 46.4 cm³/mol. The standard InChI is InChI=1S/C10H12O3/c1-6-2-8(12)10-7(4-11)5-13-9(10)3-6/h5-6,11H,2-4H2,1H3/t6-/m1/s1. The number of fused-ring (bicyclic) bond motifs is 1. The molecule has 0 saturated carbocycles. The van der Waals surface area contributed by atoms with Crippen LogP contribution in [0, 0.1) is 5.92 Å². The molecule has 0 bridgehead atoms. The zero-order valence-electron chi connectivity index (χ0n) is 7.54. The van der Waals surface area contributed by atoms with E-state index < -0.39 is 0 Å². The highest BCUT2D eigenvalue weighted by atomic mass is 16.3. The number of hydrogen-bond acceptors (Lipinski definition) is 3. The minimum Gasteiger partial charge on any atom is -0.468 e. The molecule has 0 spiro atoms. The molecule has 0 fully saturated rings. The molecule has 1 aromatic heterocycles. The minimum atomic E-state index is -0.112. The van der Waals surface area contributed by atoms with Crippen molar-refractivity contribution in [3.63, 3.8) is 0 Å². The quantitative estimate of drug-likeness (QED) is 0.713. The summed E-state index contributed by atoms with van der Waals surface area (Å²) in [5.41, 5.74) is 1.26. The molecule has 70 valence electrons. The van der Waals surface area contributed by atoms with Crippen LogP contribution in [0.25, 0.3) is 0 Å². The Balaban J connectivity index is 2.46. The molecule has 0 saturated heterocycles. The second-order valence-electron chi connectivity index (χ2n) is 3.65. The lowest BCUT2D eigenvalue weighted by Crippen LogP contribution is -2.17. The second kappa shape index (κ2) is 3.00. The Kier molecular flexibility index (Phi) is 1.96. The number of aliphatic hydroxyl groups excluding tert-OH is 1. The molecule has 0 radical (unpaired) electrons. The first kappa shape index (κ1) is 8.51. The van der Waals surface area contributed by atoms with Gasteiger partial charge in [-0.3, -0.25) is 4.79 Å². The van der Waals surface area contributed by atoms with Gasteiger partial charge in [0.15, 0.2) is 5.78 Å². The molecule has 0 unspecified atom stereocenters. The molecule has 0 amide bonds. The molecule has 2 rings (SSSR count). The molecule has 3 heteroatoms. The Morgan fingerprint density at radius 1 is 1.62 bits per heavy atom. The lowest BCUT2D eigenvalue weighted by molar-refractivity contribution is 0.0946. The van der Waals surface area contributed by atoms with E-state index in [0.717, 1.165) is 12.2 Å². The van der Waals surface area contributed by atoms with Crippen molar-refractivity contribution in [2.75, 3.05) is 0 Å². The van der Waals surface area contributed by atoms with Crippen molar-refractivity contribution in [3.8, 4) is 0 Å². The number of ketones is 1. The van der Waals surface area contributed by atoms with E-state index in [-0.39, 0.29) is 12.4 Å². The van der Waals surface area contributed by atoms with Crippen LogP contribution < -0.4 is 0 Å². The summed E-state index contributed by atoms with van der Waals surface area (Å²) < 4.78 is 5.24. The fraction of sp³-hybridized carbons (Fsp3) is 0.500. The highest BCUT2D eigenvalue weighted by molar-refractivity contribution is 5.99. The summed E-state index contributed by atoms with van der Waals surface area (Å²) in [4.78, 5) is 11.6. The first-order valence-electron chi connectivity index (χ1n) is 4.45. The van der Waals surface area contributed by atoms with E-state index in [4.69, 9.17) is 9.52 Å². The maximum atomic E-state index is 11.6. The van der Waals surface area contributed by atoms with Crippen LogP contribution >= 0.6 is 0 Å². The number of carbonyl (C=O) groups excluding carboxylic acids is 1. The fourth-order valence-corrected chi connectivity index (χ4v) is 1.85. The molecular formula is C10H12O3. The molecule has 0 aliphatic heterocycles. The Bertz CT molecular complexity index is 338. The van der Waals surface area contributed by atoms with Crippen molar-refractivity contribution in [2.45, 2.75) is 26.4 Å². The number of furan rings is 1. The van der Waals surface area contributed by atoms with Crippen molar-refractivity contribution in [3.05, 3.63) is 23.2 Å². The van der Waals surface area contributed by atoms with E-state index in [0.29, 0.717) is 23.5 Å². The van der Waals surface area contributed by atoms with E-state index in [2.05, 4.69) is 0 Å². The number of rotatable bonds is 1. The lowest BCUT2D eigenvalue weighted by Gasteiger charge is -2.15. The molecule has 1 aliphatic carbocycles. The SMILES string of the molecule is C[C@@H]1CC(=O)c2c(CO)coc2C1. The van der Waals surface area contributed by atoms with Gasteiger partial charge in [-0.2, -0.15) is 0 Å². The van der Waals surface area contributed by atoms with Crippen LogP contribution in [0.1, 0.15) is 35.0 Å². The van der Waals surface area contributed by atoms with Gasteiger partial charge < -0.3 is 9.52 Å². The van der Waals surface area contributed by atoms with E-state index in [9.17, 15) is 4.79 Å². The van der Waals surface area contributed by atoms with Crippen molar-refractivity contribution in [1.29, 1.82) is 0 Å². The largest absolute Gasteiger partial charge is 0.468 e. The van der Waals surface area contributed by atoms with Gasteiger partial charge in [-0.15, -0.1) is 0 Å². The average Bonchev–Trinajstić information content (AvgIpc) is 2.47. The van der Waals surface area contributed by atoms with Crippen molar-refractivity contribution in [2.24, 2.45) is 5.92 Å². The van der Waals surface area contributed by atoms with Crippen LogP contribution in [0.4, 0.5) is 0 Å². The monoisotopic (exact) mass is 180 g/mol. The lowest BCUT2D eigenvalue weighted by atomic mass is 9.87. The number of Topliss-reactive ketones (excluding diaryl/α,β-unsaturated/α-hetero) is 1. The predicted octanol–water partition coefficient (Wildman–Crippen LogP) is 1.54. The van der Waals surface area contributed by atoms with Gasteiger partial charge in [0.2, 0.25) is 0 Å². The average molecular weight is 180 g/mol. The molecule has 3 nitrogen and oxygen atoms in total. The third-order valence-corrected chi connectivity index (χ3v) is 2.46. The van der Waals surface area contributed by atoms with E-state index in [1.165, 1.54) is 6.26 Å². The zero-order chi connectivity index (χ0) is 9.42. The van der Waals surface area contributed by atoms with Crippen molar-refractivity contribution >= 4 is 5.78 Å². The Hall–Kier alpha value is -1.09. The normalized spacial score (nSPS) is 21.7. The highest BCUT2D eigenvalue weighted by Gasteiger charge is 2.27. The molecule has 1 aromatic rings. The van der Waals surface area contributed by atoms with E-state index >= 15 is 0 Å². The number of aliphatic hydroxyl groups is 1. The molecule has 1 atom stereocenters. The van der Waals surface area contributed by atoms with Gasteiger partial charge in [0.25, 0.3) is 0 Å². The maximum absolute atomic E-state index is 11.6. The van der Waals surface area contributed by atoms with Crippen LogP contribution in [-0.2, 0) is 13.0 Å². The zero-order valence-corrected chi connectivity index (χ0v) is 7.54. The van der Waals surface area contributed by atoms with Crippen LogP contribution in [0.2, 0.25) is 0 Å². The summed E-state index contributed by atoms with van der Waals surface area (Å²) in [6.07, 6.45) is 2.86. The van der Waals surface area contributed by atoms with Crippen LogP contribution in [-0.4, -0.2) is 10.9 Å². The Morgan fingerprint density at radius 2 is 2.38 bits per heavy atom.